The molecule has 2 fully saturated rings. The monoisotopic (exact) mass is 417 g/mol. The van der Waals surface area contributed by atoms with E-state index in [1.807, 2.05) is 18.2 Å². The Hall–Kier alpha value is -1.96. The topological polar surface area (TPSA) is 52.7 Å². The maximum Gasteiger partial charge on any atom is 0.240 e. The number of piperazine rings is 1. The lowest BCUT2D eigenvalue weighted by Gasteiger charge is -2.44. The summed E-state index contributed by atoms with van der Waals surface area (Å²) in [5.74, 6) is -0.188. The van der Waals surface area contributed by atoms with Crippen molar-refractivity contribution in [3.05, 3.63) is 60.4 Å². The highest BCUT2D eigenvalue weighted by molar-refractivity contribution is 7.89. The Morgan fingerprint density at radius 3 is 2.24 bits per heavy atom. The first-order valence-corrected chi connectivity index (χ1v) is 11.8. The molecule has 1 N–H and O–H groups in total. The second-order valence-corrected chi connectivity index (χ2v) is 9.58. The Morgan fingerprint density at radius 2 is 1.52 bits per heavy atom. The van der Waals surface area contributed by atoms with Gasteiger partial charge in [-0.25, -0.2) is 17.5 Å². The fourth-order valence-corrected chi connectivity index (χ4v) is 5.88. The van der Waals surface area contributed by atoms with Gasteiger partial charge in [-0.15, -0.1) is 0 Å². The lowest BCUT2D eigenvalue weighted by molar-refractivity contribution is 0.124. The standard InChI is InChI=1S/C22H28FN3O2S/c23-19-10-4-6-12-21(19)25-14-16-26(17-15-25)22-13-7-5-11-20(22)24-29(27,28)18-8-2-1-3-9-18/h1-4,6,8-10,12,20,22,24H,5,7,11,13-17H2/t20-,22-/m1/s1. The van der Waals surface area contributed by atoms with Gasteiger partial charge in [0, 0.05) is 38.3 Å². The summed E-state index contributed by atoms with van der Waals surface area (Å²) < 4.78 is 42.7. The molecule has 5 nitrogen and oxygen atoms in total. The maximum atomic E-state index is 14.1. The van der Waals surface area contributed by atoms with Crippen LogP contribution in [0.3, 0.4) is 0 Å². The largest absolute Gasteiger partial charge is 0.367 e. The van der Waals surface area contributed by atoms with E-state index in [0.29, 0.717) is 10.6 Å². The van der Waals surface area contributed by atoms with Crippen LogP contribution in [0.15, 0.2) is 59.5 Å². The van der Waals surface area contributed by atoms with E-state index in [1.165, 1.54) is 6.07 Å². The van der Waals surface area contributed by atoms with Gasteiger partial charge in [-0.2, -0.15) is 0 Å². The maximum absolute atomic E-state index is 14.1. The molecule has 7 heteroatoms. The highest BCUT2D eigenvalue weighted by Gasteiger charge is 2.35. The molecule has 0 spiro atoms. The van der Waals surface area contributed by atoms with E-state index >= 15 is 0 Å². The fraction of sp³-hybridized carbons (Fsp3) is 0.455. The summed E-state index contributed by atoms with van der Waals surface area (Å²) in [6.07, 6.45) is 3.99. The fourth-order valence-electron chi connectivity index (χ4n) is 4.56. The number of anilines is 1. The van der Waals surface area contributed by atoms with Crippen LogP contribution in [0.1, 0.15) is 25.7 Å². The Bertz CT molecular complexity index is 915. The van der Waals surface area contributed by atoms with Crippen LogP contribution in [0.4, 0.5) is 10.1 Å². The number of rotatable bonds is 5. The molecule has 1 aliphatic carbocycles. The third-order valence-electron chi connectivity index (χ3n) is 6.07. The van der Waals surface area contributed by atoms with Crippen LogP contribution in [0, 0.1) is 5.82 Å². The molecule has 156 valence electrons. The summed E-state index contributed by atoms with van der Waals surface area (Å²) in [5.41, 5.74) is 0.650. The van der Waals surface area contributed by atoms with Crippen molar-refractivity contribution in [1.82, 2.24) is 9.62 Å². The summed E-state index contributed by atoms with van der Waals surface area (Å²) in [7, 11) is -3.53. The van der Waals surface area contributed by atoms with Crippen molar-refractivity contribution in [2.45, 2.75) is 42.7 Å². The molecule has 1 saturated heterocycles. The highest BCUT2D eigenvalue weighted by atomic mass is 32.2. The zero-order valence-electron chi connectivity index (χ0n) is 16.5. The Balaban J connectivity index is 1.43. The SMILES string of the molecule is O=S(=O)(N[C@@H]1CCCC[C@H]1N1CCN(c2ccccc2F)CC1)c1ccccc1. The lowest BCUT2D eigenvalue weighted by Crippen LogP contribution is -2.58. The van der Waals surface area contributed by atoms with Crippen molar-refractivity contribution in [3.8, 4) is 0 Å². The van der Waals surface area contributed by atoms with Crippen molar-refractivity contribution in [1.29, 1.82) is 0 Å². The number of hydrogen-bond acceptors (Lipinski definition) is 4. The molecular formula is C22H28FN3O2S. The van der Waals surface area contributed by atoms with Gasteiger partial charge < -0.3 is 4.90 Å². The molecule has 4 rings (SSSR count). The average molecular weight is 418 g/mol. The van der Waals surface area contributed by atoms with E-state index in [4.69, 9.17) is 0 Å². The predicted molar refractivity (Wildman–Crippen MR) is 113 cm³/mol. The molecule has 2 atom stereocenters. The smallest absolute Gasteiger partial charge is 0.240 e. The molecule has 0 bridgehead atoms. The van der Waals surface area contributed by atoms with Gasteiger partial charge in [0.05, 0.1) is 10.6 Å². The Labute approximate surface area is 172 Å². The van der Waals surface area contributed by atoms with Gasteiger partial charge in [0.2, 0.25) is 10.0 Å². The van der Waals surface area contributed by atoms with Gasteiger partial charge in [0.1, 0.15) is 5.82 Å². The Kier molecular flexibility index (Phi) is 6.18. The minimum Gasteiger partial charge on any atom is -0.367 e. The molecule has 1 aliphatic heterocycles. The highest BCUT2D eigenvalue weighted by Crippen LogP contribution is 2.27. The summed E-state index contributed by atoms with van der Waals surface area (Å²) in [6, 6.07) is 15.6. The minimum absolute atomic E-state index is 0.0889. The van der Waals surface area contributed by atoms with Crippen molar-refractivity contribution in [2.24, 2.45) is 0 Å². The third kappa shape index (κ3) is 4.63. The molecule has 29 heavy (non-hydrogen) atoms. The van der Waals surface area contributed by atoms with Crippen LogP contribution in [0.2, 0.25) is 0 Å². The number of nitrogens with one attached hydrogen (secondary N) is 1. The van der Waals surface area contributed by atoms with Crippen molar-refractivity contribution in [2.75, 3.05) is 31.1 Å². The normalized spacial score (nSPS) is 23.8. The number of para-hydroxylation sites is 1. The third-order valence-corrected chi connectivity index (χ3v) is 7.57. The number of nitrogens with zero attached hydrogens (tertiary/aromatic N) is 2. The number of halogens is 1. The molecule has 1 saturated carbocycles. The van der Waals surface area contributed by atoms with Crippen LogP contribution in [-0.4, -0.2) is 51.6 Å². The van der Waals surface area contributed by atoms with Crippen LogP contribution < -0.4 is 9.62 Å². The molecule has 0 radical (unpaired) electrons. The number of benzene rings is 2. The van der Waals surface area contributed by atoms with Crippen LogP contribution in [-0.2, 0) is 10.0 Å². The van der Waals surface area contributed by atoms with Crippen LogP contribution in [0.5, 0.6) is 0 Å². The van der Waals surface area contributed by atoms with E-state index in [1.54, 1.807) is 30.3 Å². The molecule has 2 aromatic carbocycles. The van der Waals surface area contributed by atoms with Gasteiger partial charge in [-0.05, 0) is 37.1 Å². The first-order valence-electron chi connectivity index (χ1n) is 10.4. The van der Waals surface area contributed by atoms with Crippen molar-refractivity contribution in [3.63, 3.8) is 0 Å². The number of sulfonamides is 1. The quantitative estimate of drug-likeness (QED) is 0.812. The zero-order valence-corrected chi connectivity index (χ0v) is 17.3. The molecule has 1 heterocycles. The van der Waals surface area contributed by atoms with Gasteiger partial charge in [0.25, 0.3) is 0 Å². The molecule has 2 aromatic rings. The van der Waals surface area contributed by atoms with E-state index < -0.39 is 10.0 Å². The van der Waals surface area contributed by atoms with Crippen molar-refractivity contribution < 1.29 is 12.8 Å². The van der Waals surface area contributed by atoms with E-state index in [9.17, 15) is 12.8 Å². The first kappa shape index (κ1) is 20.3. The zero-order chi connectivity index (χ0) is 20.3. The number of hydrogen-bond donors (Lipinski definition) is 1. The Morgan fingerprint density at radius 1 is 0.862 bits per heavy atom. The molecule has 0 unspecified atom stereocenters. The summed E-state index contributed by atoms with van der Waals surface area (Å²) in [6.45, 7) is 3.11. The average Bonchev–Trinajstić information content (AvgIpc) is 2.75. The van der Waals surface area contributed by atoms with Crippen LogP contribution in [0.25, 0.3) is 0 Å². The molecule has 0 amide bonds. The summed E-state index contributed by atoms with van der Waals surface area (Å²) in [5, 5.41) is 0. The molecular weight excluding hydrogens is 389 g/mol. The van der Waals surface area contributed by atoms with Gasteiger partial charge >= 0.3 is 0 Å². The van der Waals surface area contributed by atoms with E-state index in [2.05, 4.69) is 14.5 Å². The van der Waals surface area contributed by atoms with E-state index in [0.717, 1.165) is 51.9 Å². The first-order chi connectivity index (χ1) is 14.0. The van der Waals surface area contributed by atoms with Crippen molar-refractivity contribution >= 4 is 15.7 Å². The second kappa shape index (κ2) is 8.81. The van der Waals surface area contributed by atoms with Crippen LogP contribution >= 0.6 is 0 Å². The van der Waals surface area contributed by atoms with Gasteiger partial charge in [-0.1, -0.05) is 43.2 Å². The molecule has 0 aromatic heterocycles. The summed E-state index contributed by atoms with van der Waals surface area (Å²) >= 11 is 0. The summed E-state index contributed by atoms with van der Waals surface area (Å²) in [4.78, 5) is 4.78. The van der Waals surface area contributed by atoms with Gasteiger partial charge in [0.15, 0.2) is 0 Å². The lowest BCUT2D eigenvalue weighted by atomic mass is 9.89. The minimum atomic E-state index is -3.53. The van der Waals surface area contributed by atoms with Gasteiger partial charge in [-0.3, -0.25) is 4.90 Å². The second-order valence-electron chi connectivity index (χ2n) is 7.87. The predicted octanol–water partition coefficient (Wildman–Crippen LogP) is 3.24. The molecule has 2 aliphatic rings. The van der Waals surface area contributed by atoms with E-state index in [-0.39, 0.29) is 17.9 Å².